The summed E-state index contributed by atoms with van der Waals surface area (Å²) in [5.41, 5.74) is 1.33. The fraction of sp³-hybridized carbons (Fsp3) is 0.571. The highest BCUT2D eigenvalue weighted by atomic mass is 16.3. The van der Waals surface area contributed by atoms with Crippen molar-refractivity contribution < 1.29 is 9.90 Å². The van der Waals surface area contributed by atoms with Crippen molar-refractivity contribution in [3.05, 3.63) is 24.0 Å². The van der Waals surface area contributed by atoms with Crippen LogP contribution in [0.25, 0.3) is 0 Å². The molecule has 5 nitrogen and oxygen atoms in total. The van der Waals surface area contributed by atoms with Gasteiger partial charge in [-0.15, -0.1) is 0 Å². The molecule has 104 valence electrons. The van der Waals surface area contributed by atoms with Crippen molar-refractivity contribution in [2.45, 2.75) is 26.4 Å². The summed E-state index contributed by atoms with van der Waals surface area (Å²) in [7, 11) is 0. The van der Waals surface area contributed by atoms with Crippen molar-refractivity contribution >= 4 is 11.6 Å². The van der Waals surface area contributed by atoms with Crippen molar-refractivity contribution in [2.75, 3.05) is 25.0 Å². The number of aliphatic hydroxyl groups excluding tert-OH is 1. The number of carbonyl (C=O) groups is 1. The third kappa shape index (κ3) is 3.23. The Morgan fingerprint density at radius 3 is 3.11 bits per heavy atom. The molecule has 0 saturated carbocycles. The van der Waals surface area contributed by atoms with E-state index in [1.807, 2.05) is 19.9 Å². The maximum atomic E-state index is 12.3. The van der Waals surface area contributed by atoms with E-state index in [2.05, 4.69) is 10.3 Å². The first-order chi connectivity index (χ1) is 9.11. The molecule has 1 aromatic rings. The Labute approximate surface area is 113 Å². The number of rotatable bonds is 3. The molecule has 1 aromatic heterocycles. The van der Waals surface area contributed by atoms with Gasteiger partial charge in [-0.2, -0.15) is 0 Å². The first-order valence-electron chi connectivity index (χ1n) is 6.79. The summed E-state index contributed by atoms with van der Waals surface area (Å²) in [6.45, 7) is 5.90. The van der Waals surface area contributed by atoms with E-state index in [0.717, 1.165) is 18.7 Å². The van der Waals surface area contributed by atoms with Crippen LogP contribution in [0.2, 0.25) is 0 Å². The standard InChI is InChI=1S/C14H21N3O2/c1-3-15-11-4-6-16-12(8-11)14(19)17-7-5-10(2)13(18)9-17/h4,6,8,10,13,18H,3,5,7,9H2,1-2H3,(H,15,16). The molecule has 0 aromatic carbocycles. The summed E-state index contributed by atoms with van der Waals surface area (Å²) >= 11 is 0. The Morgan fingerprint density at radius 1 is 1.63 bits per heavy atom. The number of hydrogen-bond donors (Lipinski definition) is 2. The van der Waals surface area contributed by atoms with Crippen molar-refractivity contribution in [1.29, 1.82) is 0 Å². The Balaban J connectivity index is 2.09. The first kappa shape index (κ1) is 13.8. The molecule has 1 aliphatic rings. The number of β-amino-alcohol motifs (C(OH)–C–C–N with tert-alkyl or cyclic N) is 1. The number of aromatic nitrogens is 1. The molecule has 1 fully saturated rings. The van der Waals surface area contributed by atoms with E-state index in [1.54, 1.807) is 17.2 Å². The number of amides is 1. The van der Waals surface area contributed by atoms with Crippen LogP contribution in [0.1, 0.15) is 30.8 Å². The van der Waals surface area contributed by atoms with Gasteiger partial charge in [-0.3, -0.25) is 9.78 Å². The van der Waals surface area contributed by atoms with Crippen LogP contribution in [0, 0.1) is 5.92 Å². The molecule has 0 spiro atoms. The molecular formula is C14H21N3O2. The van der Waals surface area contributed by atoms with Crippen LogP contribution in [0.4, 0.5) is 5.69 Å². The van der Waals surface area contributed by atoms with Gasteiger partial charge in [-0.1, -0.05) is 6.92 Å². The maximum Gasteiger partial charge on any atom is 0.272 e. The predicted molar refractivity (Wildman–Crippen MR) is 74.1 cm³/mol. The molecule has 5 heteroatoms. The van der Waals surface area contributed by atoms with E-state index >= 15 is 0 Å². The van der Waals surface area contributed by atoms with Gasteiger partial charge in [-0.25, -0.2) is 0 Å². The van der Waals surface area contributed by atoms with Gasteiger partial charge in [0.1, 0.15) is 5.69 Å². The number of nitrogens with zero attached hydrogens (tertiary/aromatic N) is 2. The maximum absolute atomic E-state index is 12.3. The minimum atomic E-state index is -0.436. The average molecular weight is 263 g/mol. The van der Waals surface area contributed by atoms with E-state index in [0.29, 0.717) is 18.8 Å². The Bertz CT molecular complexity index is 450. The van der Waals surface area contributed by atoms with E-state index < -0.39 is 6.10 Å². The van der Waals surface area contributed by atoms with Gasteiger partial charge in [0.15, 0.2) is 0 Å². The zero-order valence-corrected chi connectivity index (χ0v) is 11.5. The lowest BCUT2D eigenvalue weighted by Crippen LogP contribution is -2.46. The Morgan fingerprint density at radius 2 is 2.42 bits per heavy atom. The smallest absolute Gasteiger partial charge is 0.272 e. The Hall–Kier alpha value is -1.62. The highest BCUT2D eigenvalue weighted by Crippen LogP contribution is 2.19. The minimum Gasteiger partial charge on any atom is -0.391 e. The molecule has 0 aliphatic carbocycles. The molecule has 1 saturated heterocycles. The predicted octanol–water partition coefficient (Wildman–Crippen LogP) is 1.36. The summed E-state index contributed by atoms with van der Waals surface area (Å²) in [6.07, 6.45) is 2.03. The quantitative estimate of drug-likeness (QED) is 0.864. The van der Waals surface area contributed by atoms with Crippen molar-refractivity contribution in [2.24, 2.45) is 5.92 Å². The summed E-state index contributed by atoms with van der Waals surface area (Å²) in [6, 6.07) is 3.60. The molecule has 1 aliphatic heterocycles. The highest BCUT2D eigenvalue weighted by molar-refractivity contribution is 5.93. The zero-order chi connectivity index (χ0) is 13.8. The fourth-order valence-electron chi connectivity index (χ4n) is 2.26. The number of carbonyl (C=O) groups excluding carboxylic acids is 1. The third-order valence-electron chi connectivity index (χ3n) is 3.57. The second-order valence-corrected chi connectivity index (χ2v) is 5.04. The lowest BCUT2D eigenvalue weighted by Gasteiger charge is -2.34. The number of aliphatic hydroxyl groups is 1. The van der Waals surface area contributed by atoms with Crippen LogP contribution in [-0.2, 0) is 0 Å². The normalized spacial score (nSPS) is 23.2. The molecule has 1 amide bonds. The van der Waals surface area contributed by atoms with Crippen molar-refractivity contribution in [1.82, 2.24) is 9.88 Å². The Kier molecular flexibility index (Phi) is 4.37. The molecule has 2 rings (SSSR count). The van der Waals surface area contributed by atoms with Gasteiger partial charge in [0, 0.05) is 31.5 Å². The van der Waals surface area contributed by atoms with Gasteiger partial charge in [0.2, 0.25) is 0 Å². The SMILES string of the molecule is CCNc1ccnc(C(=O)N2CCC(C)C(O)C2)c1. The van der Waals surface area contributed by atoms with Crippen LogP contribution < -0.4 is 5.32 Å². The monoisotopic (exact) mass is 263 g/mol. The van der Waals surface area contributed by atoms with Crippen molar-refractivity contribution in [3.63, 3.8) is 0 Å². The largest absolute Gasteiger partial charge is 0.391 e. The molecule has 0 radical (unpaired) electrons. The topological polar surface area (TPSA) is 65.5 Å². The summed E-state index contributed by atoms with van der Waals surface area (Å²) < 4.78 is 0. The van der Waals surface area contributed by atoms with Gasteiger partial charge in [0.05, 0.1) is 6.10 Å². The molecular weight excluding hydrogens is 242 g/mol. The van der Waals surface area contributed by atoms with Crippen molar-refractivity contribution in [3.8, 4) is 0 Å². The second-order valence-electron chi connectivity index (χ2n) is 5.04. The first-order valence-corrected chi connectivity index (χ1v) is 6.79. The summed E-state index contributed by atoms with van der Waals surface area (Å²) in [4.78, 5) is 18.1. The number of hydrogen-bond acceptors (Lipinski definition) is 4. The lowest BCUT2D eigenvalue weighted by molar-refractivity contribution is 0.0245. The number of nitrogens with one attached hydrogen (secondary N) is 1. The van der Waals surface area contributed by atoms with Gasteiger partial charge < -0.3 is 15.3 Å². The lowest BCUT2D eigenvalue weighted by atomic mass is 9.96. The van der Waals surface area contributed by atoms with Crippen LogP contribution in [-0.4, -0.2) is 46.6 Å². The molecule has 0 bridgehead atoms. The van der Waals surface area contributed by atoms with E-state index in [4.69, 9.17) is 0 Å². The van der Waals surface area contributed by atoms with Crippen LogP contribution in [0.15, 0.2) is 18.3 Å². The average Bonchev–Trinajstić information content (AvgIpc) is 2.42. The molecule has 2 unspecified atom stereocenters. The molecule has 2 N–H and O–H groups in total. The number of piperidine rings is 1. The number of pyridine rings is 1. The van der Waals surface area contributed by atoms with Gasteiger partial charge in [-0.05, 0) is 31.4 Å². The minimum absolute atomic E-state index is 0.106. The van der Waals surface area contributed by atoms with E-state index in [-0.39, 0.29) is 11.8 Å². The zero-order valence-electron chi connectivity index (χ0n) is 11.5. The molecule has 2 heterocycles. The molecule has 2 atom stereocenters. The second kappa shape index (κ2) is 6.02. The van der Waals surface area contributed by atoms with Gasteiger partial charge >= 0.3 is 0 Å². The van der Waals surface area contributed by atoms with Gasteiger partial charge in [0.25, 0.3) is 5.91 Å². The summed E-state index contributed by atoms with van der Waals surface area (Å²) in [5, 5.41) is 13.0. The van der Waals surface area contributed by atoms with Crippen LogP contribution in [0.3, 0.4) is 0 Å². The third-order valence-corrected chi connectivity index (χ3v) is 3.57. The van der Waals surface area contributed by atoms with E-state index in [9.17, 15) is 9.90 Å². The van der Waals surface area contributed by atoms with E-state index in [1.165, 1.54) is 0 Å². The highest BCUT2D eigenvalue weighted by Gasteiger charge is 2.28. The fourth-order valence-corrected chi connectivity index (χ4v) is 2.26. The van der Waals surface area contributed by atoms with Crippen LogP contribution in [0.5, 0.6) is 0 Å². The number of anilines is 1. The van der Waals surface area contributed by atoms with Crippen LogP contribution >= 0.6 is 0 Å². The molecule has 19 heavy (non-hydrogen) atoms. The number of likely N-dealkylation sites (tertiary alicyclic amines) is 1. The summed E-state index contributed by atoms with van der Waals surface area (Å²) in [5.74, 6) is 0.149.